The molecule has 0 radical (unpaired) electrons. The first-order chi connectivity index (χ1) is 7.47. The van der Waals surface area contributed by atoms with Gasteiger partial charge in [0.1, 0.15) is 6.04 Å². The molecule has 0 aromatic carbocycles. The fourth-order valence-corrected chi connectivity index (χ4v) is 1.53. The molecule has 0 saturated carbocycles. The van der Waals surface area contributed by atoms with Crippen LogP contribution in [0.4, 0.5) is 0 Å². The maximum Gasteiger partial charge on any atom is 0.323 e. The quantitative estimate of drug-likeness (QED) is 0.520. The van der Waals surface area contributed by atoms with Crippen LogP contribution in [0, 0.1) is 5.92 Å². The lowest BCUT2D eigenvalue weighted by Crippen LogP contribution is -2.51. The minimum absolute atomic E-state index is 0.0958. The Hall–Kier alpha value is -0.650. The first-order valence-electron chi connectivity index (χ1n) is 5.37. The van der Waals surface area contributed by atoms with Gasteiger partial charge in [-0.15, -0.1) is 0 Å². The van der Waals surface area contributed by atoms with Crippen LogP contribution in [-0.4, -0.2) is 45.7 Å². The molecule has 0 bridgehead atoms. The van der Waals surface area contributed by atoms with Gasteiger partial charge in [0.05, 0.1) is 13.2 Å². The molecule has 0 aliphatic rings. The molecular formula is C11H23NO4. The van der Waals surface area contributed by atoms with Crippen molar-refractivity contribution in [1.82, 2.24) is 5.32 Å². The highest BCUT2D eigenvalue weighted by Crippen LogP contribution is 2.07. The van der Waals surface area contributed by atoms with Gasteiger partial charge in [-0.2, -0.15) is 0 Å². The largest absolute Gasteiger partial charge is 0.468 e. The molecule has 16 heavy (non-hydrogen) atoms. The van der Waals surface area contributed by atoms with Crippen molar-refractivity contribution in [2.24, 2.45) is 5.92 Å². The average molecular weight is 233 g/mol. The third-order valence-corrected chi connectivity index (χ3v) is 2.44. The van der Waals surface area contributed by atoms with Crippen LogP contribution < -0.4 is 5.32 Å². The first kappa shape index (κ1) is 15.3. The van der Waals surface area contributed by atoms with Gasteiger partial charge >= 0.3 is 5.97 Å². The van der Waals surface area contributed by atoms with Crippen LogP contribution in [0.2, 0.25) is 0 Å². The van der Waals surface area contributed by atoms with Crippen LogP contribution >= 0.6 is 0 Å². The van der Waals surface area contributed by atoms with Gasteiger partial charge in [0.15, 0.2) is 6.29 Å². The Labute approximate surface area is 97.4 Å². The molecule has 5 nitrogen and oxygen atoms in total. The molecular weight excluding hydrogens is 210 g/mol. The highest BCUT2D eigenvalue weighted by Gasteiger charge is 2.27. The van der Waals surface area contributed by atoms with E-state index in [0.29, 0.717) is 0 Å². The van der Waals surface area contributed by atoms with Crippen molar-refractivity contribution in [2.45, 2.75) is 39.1 Å². The summed E-state index contributed by atoms with van der Waals surface area (Å²) in [7, 11) is 4.51. The van der Waals surface area contributed by atoms with Crippen LogP contribution in [0.25, 0.3) is 0 Å². The topological polar surface area (TPSA) is 56.8 Å². The fraction of sp³-hybridized carbons (Fsp3) is 0.909. The Morgan fingerprint density at radius 2 is 1.56 bits per heavy atom. The third kappa shape index (κ3) is 4.47. The summed E-state index contributed by atoms with van der Waals surface area (Å²) in [6.45, 7) is 5.81. The molecule has 5 heteroatoms. The van der Waals surface area contributed by atoms with Crippen molar-refractivity contribution in [1.29, 1.82) is 0 Å². The number of methoxy groups -OCH3 is 3. The summed E-state index contributed by atoms with van der Waals surface area (Å²) in [6, 6.07) is -0.450. The molecule has 0 fully saturated rings. The molecule has 0 aliphatic heterocycles. The molecule has 0 aromatic heterocycles. The zero-order valence-corrected chi connectivity index (χ0v) is 10.9. The minimum Gasteiger partial charge on any atom is -0.468 e. The van der Waals surface area contributed by atoms with Gasteiger partial charge in [-0.25, -0.2) is 0 Å². The molecule has 96 valence electrons. The Morgan fingerprint density at radius 1 is 1.06 bits per heavy atom. The molecule has 2 atom stereocenters. The van der Waals surface area contributed by atoms with Gasteiger partial charge in [0, 0.05) is 14.2 Å². The van der Waals surface area contributed by atoms with Crippen LogP contribution in [0.5, 0.6) is 0 Å². The highest BCUT2D eigenvalue weighted by molar-refractivity contribution is 5.75. The number of hydrogen-bond acceptors (Lipinski definition) is 5. The Balaban J connectivity index is 4.44. The zero-order valence-electron chi connectivity index (χ0n) is 10.9. The second-order valence-corrected chi connectivity index (χ2v) is 4.04. The van der Waals surface area contributed by atoms with Gasteiger partial charge in [0.25, 0.3) is 0 Å². The summed E-state index contributed by atoms with van der Waals surface area (Å²) in [4.78, 5) is 11.5. The highest BCUT2D eigenvalue weighted by atomic mass is 16.7. The Bertz CT molecular complexity index is 204. The predicted octanol–water partition coefficient (Wildman–Crippen LogP) is 0.781. The minimum atomic E-state index is -0.383. The number of carbonyl (C=O) groups excluding carboxylic acids is 1. The number of esters is 1. The smallest absolute Gasteiger partial charge is 0.323 e. The molecule has 0 aromatic rings. The summed E-state index contributed by atoms with van der Waals surface area (Å²) in [6.07, 6.45) is -0.383. The summed E-state index contributed by atoms with van der Waals surface area (Å²) in [5.41, 5.74) is 0. The molecule has 0 rings (SSSR count). The number of carbonyl (C=O) groups is 1. The van der Waals surface area contributed by atoms with Crippen molar-refractivity contribution in [3.8, 4) is 0 Å². The monoisotopic (exact) mass is 233 g/mol. The van der Waals surface area contributed by atoms with Gasteiger partial charge in [-0.1, -0.05) is 13.8 Å². The second-order valence-electron chi connectivity index (χ2n) is 4.04. The van der Waals surface area contributed by atoms with E-state index in [0.717, 1.165) is 0 Å². The normalized spacial score (nSPS) is 15.2. The van der Waals surface area contributed by atoms with E-state index < -0.39 is 0 Å². The van der Waals surface area contributed by atoms with E-state index in [2.05, 4.69) is 5.32 Å². The maximum atomic E-state index is 11.5. The van der Waals surface area contributed by atoms with E-state index in [4.69, 9.17) is 14.2 Å². The molecule has 2 unspecified atom stereocenters. The average Bonchev–Trinajstić information content (AvgIpc) is 2.26. The molecule has 0 aliphatic carbocycles. The van der Waals surface area contributed by atoms with Crippen LogP contribution in [0.1, 0.15) is 20.8 Å². The van der Waals surface area contributed by atoms with E-state index in [-0.39, 0.29) is 30.3 Å². The predicted molar refractivity (Wildman–Crippen MR) is 61.0 cm³/mol. The molecule has 0 spiro atoms. The number of nitrogens with one attached hydrogen (secondary N) is 1. The van der Waals surface area contributed by atoms with Gasteiger partial charge in [-0.3, -0.25) is 10.1 Å². The van der Waals surface area contributed by atoms with Crippen LogP contribution in [0.3, 0.4) is 0 Å². The molecule has 0 heterocycles. The van der Waals surface area contributed by atoms with Crippen molar-refractivity contribution in [3.05, 3.63) is 0 Å². The zero-order chi connectivity index (χ0) is 12.7. The van der Waals surface area contributed by atoms with Crippen molar-refractivity contribution < 1.29 is 19.0 Å². The number of ether oxygens (including phenoxy) is 3. The maximum absolute atomic E-state index is 11.5. The van der Waals surface area contributed by atoms with E-state index in [1.54, 1.807) is 14.2 Å². The van der Waals surface area contributed by atoms with Crippen molar-refractivity contribution >= 4 is 5.97 Å². The molecule has 0 saturated heterocycles. The van der Waals surface area contributed by atoms with E-state index in [1.807, 2.05) is 20.8 Å². The number of hydrogen-bond donors (Lipinski definition) is 1. The lowest BCUT2D eigenvalue weighted by Gasteiger charge is -2.28. The van der Waals surface area contributed by atoms with Crippen LogP contribution in [0.15, 0.2) is 0 Å². The van der Waals surface area contributed by atoms with Gasteiger partial charge < -0.3 is 14.2 Å². The summed E-state index contributed by atoms with van der Waals surface area (Å²) in [5.74, 6) is -0.128. The van der Waals surface area contributed by atoms with Crippen LogP contribution in [-0.2, 0) is 19.0 Å². The van der Waals surface area contributed by atoms with Gasteiger partial charge in [0.2, 0.25) is 0 Å². The lowest BCUT2D eigenvalue weighted by molar-refractivity contribution is -0.148. The van der Waals surface area contributed by atoms with Gasteiger partial charge in [-0.05, 0) is 12.8 Å². The molecule has 1 N–H and O–H groups in total. The fourth-order valence-electron chi connectivity index (χ4n) is 1.53. The van der Waals surface area contributed by atoms with Crippen molar-refractivity contribution in [3.63, 3.8) is 0 Å². The van der Waals surface area contributed by atoms with E-state index in [9.17, 15) is 4.79 Å². The summed E-state index contributed by atoms with van der Waals surface area (Å²) >= 11 is 0. The van der Waals surface area contributed by atoms with E-state index in [1.165, 1.54) is 7.11 Å². The summed E-state index contributed by atoms with van der Waals surface area (Å²) in [5, 5.41) is 3.14. The second kappa shape index (κ2) is 7.60. The standard InChI is InChI=1S/C11H23NO4/c1-7(2)9(10(13)14-4)12-8(3)11(15-5)16-6/h7-9,11-12H,1-6H3. The van der Waals surface area contributed by atoms with Crippen molar-refractivity contribution in [2.75, 3.05) is 21.3 Å². The number of rotatable bonds is 7. The SMILES string of the molecule is COC(=O)C(NC(C)C(OC)OC)C(C)C. The third-order valence-electron chi connectivity index (χ3n) is 2.44. The summed E-state index contributed by atoms with van der Waals surface area (Å²) < 4.78 is 15.0. The Morgan fingerprint density at radius 3 is 1.88 bits per heavy atom. The first-order valence-corrected chi connectivity index (χ1v) is 5.37. The van der Waals surface area contributed by atoms with E-state index >= 15 is 0 Å². The Kier molecular flexibility index (Phi) is 7.29. The molecule has 0 amide bonds. The lowest BCUT2D eigenvalue weighted by atomic mass is 10.0.